The van der Waals surface area contributed by atoms with Crippen molar-refractivity contribution >= 4 is 17.5 Å². The molecule has 3 N–H and O–H groups in total. The first-order valence-electron chi connectivity index (χ1n) is 4.84. The number of nitrogen functional groups attached to an aromatic ring is 1. The Balaban J connectivity index is 2.32. The van der Waals surface area contributed by atoms with Gasteiger partial charge < -0.3 is 15.8 Å². The zero-order valence-corrected chi connectivity index (χ0v) is 8.69. The van der Waals surface area contributed by atoms with Gasteiger partial charge in [0.15, 0.2) is 0 Å². The smallest absolute Gasteiger partial charge is 0.307 e. The van der Waals surface area contributed by atoms with Crippen molar-refractivity contribution in [3.8, 4) is 0 Å². The summed E-state index contributed by atoms with van der Waals surface area (Å²) in [6.07, 6.45) is 1.95. The molecule has 0 saturated heterocycles. The van der Waals surface area contributed by atoms with Gasteiger partial charge in [0.25, 0.3) is 0 Å². The van der Waals surface area contributed by atoms with Gasteiger partial charge in [-0.15, -0.1) is 0 Å². The fraction of sp³-hybridized carbons (Fsp3) is 0.400. The molecule has 0 spiro atoms. The van der Waals surface area contributed by atoms with E-state index in [1.165, 1.54) is 0 Å². The third kappa shape index (κ3) is 3.84. The molecular formula is C10H15N3O2. The average molecular weight is 209 g/mol. The van der Waals surface area contributed by atoms with Gasteiger partial charge in [0, 0.05) is 12.7 Å². The molecule has 1 rings (SSSR count). The number of nitrogens with one attached hydrogen (secondary N) is 1. The number of nitrogens with two attached hydrogens (primary N) is 1. The minimum Gasteiger partial charge on any atom is -0.466 e. The Morgan fingerprint density at radius 1 is 1.67 bits per heavy atom. The molecule has 5 heteroatoms. The zero-order chi connectivity index (χ0) is 11.1. The van der Waals surface area contributed by atoms with Crippen LogP contribution in [0.25, 0.3) is 0 Å². The normalized spacial score (nSPS) is 9.67. The standard InChI is InChI=1S/C10H15N3O2/c1-2-15-9(14)5-7-13-10-8(11)4-3-6-12-10/h3-4,6H,2,5,7,11H2,1H3,(H,12,13). The summed E-state index contributed by atoms with van der Waals surface area (Å²) in [6, 6.07) is 3.51. The Labute approximate surface area is 88.6 Å². The molecule has 1 aromatic heterocycles. The molecule has 15 heavy (non-hydrogen) atoms. The number of hydrogen-bond acceptors (Lipinski definition) is 5. The summed E-state index contributed by atoms with van der Waals surface area (Å²) in [5, 5.41) is 2.97. The summed E-state index contributed by atoms with van der Waals surface area (Å²) < 4.78 is 4.78. The summed E-state index contributed by atoms with van der Waals surface area (Å²) in [6.45, 7) is 2.66. The van der Waals surface area contributed by atoms with E-state index >= 15 is 0 Å². The SMILES string of the molecule is CCOC(=O)CCNc1ncccc1N. The van der Waals surface area contributed by atoms with Crippen LogP contribution in [0.1, 0.15) is 13.3 Å². The number of pyridine rings is 1. The lowest BCUT2D eigenvalue weighted by Crippen LogP contribution is -2.12. The van der Waals surface area contributed by atoms with E-state index in [1.807, 2.05) is 0 Å². The fourth-order valence-corrected chi connectivity index (χ4v) is 1.08. The lowest BCUT2D eigenvalue weighted by Gasteiger charge is -2.06. The molecule has 0 radical (unpaired) electrons. The van der Waals surface area contributed by atoms with Crippen molar-refractivity contribution in [2.75, 3.05) is 24.2 Å². The Kier molecular flexibility index (Phi) is 4.40. The molecule has 5 nitrogen and oxygen atoms in total. The van der Waals surface area contributed by atoms with Crippen LogP contribution in [0.15, 0.2) is 18.3 Å². The zero-order valence-electron chi connectivity index (χ0n) is 8.69. The van der Waals surface area contributed by atoms with Crippen LogP contribution in [-0.2, 0) is 9.53 Å². The van der Waals surface area contributed by atoms with Gasteiger partial charge in [-0.3, -0.25) is 4.79 Å². The van der Waals surface area contributed by atoms with Crippen LogP contribution in [-0.4, -0.2) is 24.1 Å². The second kappa shape index (κ2) is 5.85. The lowest BCUT2D eigenvalue weighted by molar-refractivity contribution is -0.142. The maximum atomic E-state index is 11.0. The molecule has 0 aliphatic heterocycles. The first-order valence-corrected chi connectivity index (χ1v) is 4.84. The molecule has 0 atom stereocenters. The van der Waals surface area contributed by atoms with Gasteiger partial charge in [-0.05, 0) is 19.1 Å². The molecule has 1 aromatic rings. The van der Waals surface area contributed by atoms with E-state index in [0.717, 1.165) is 0 Å². The largest absolute Gasteiger partial charge is 0.466 e. The van der Waals surface area contributed by atoms with Gasteiger partial charge in [-0.1, -0.05) is 0 Å². The topological polar surface area (TPSA) is 77.2 Å². The highest BCUT2D eigenvalue weighted by atomic mass is 16.5. The Hall–Kier alpha value is -1.78. The van der Waals surface area contributed by atoms with Gasteiger partial charge in [-0.25, -0.2) is 4.98 Å². The Morgan fingerprint density at radius 2 is 2.47 bits per heavy atom. The number of nitrogens with zero attached hydrogens (tertiary/aromatic N) is 1. The van der Waals surface area contributed by atoms with Gasteiger partial charge in [0.05, 0.1) is 18.7 Å². The van der Waals surface area contributed by atoms with Crippen molar-refractivity contribution in [3.05, 3.63) is 18.3 Å². The molecule has 0 aliphatic carbocycles. The number of ether oxygens (including phenoxy) is 1. The number of aromatic nitrogens is 1. The molecule has 1 heterocycles. The molecule has 0 amide bonds. The van der Waals surface area contributed by atoms with Crippen molar-refractivity contribution in [2.45, 2.75) is 13.3 Å². The first-order chi connectivity index (χ1) is 7.24. The number of hydrogen-bond donors (Lipinski definition) is 2. The Morgan fingerprint density at radius 3 is 3.13 bits per heavy atom. The van der Waals surface area contributed by atoms with Crippen LogP contribution >= 0.6 is 0 Å². The minimum absolute atomic E-state index is 0.223. The molecule has 0 unspecified atom stereocenters. The predicted octanol–water partition coefficient (Wildman–Crippen LogP) is 1.03. The van der Waals surface area contributed by atoms with Crippen molar-refractivity contribution in [3.63, 3.8) is 0 Å². The van der Waals surface area contributed by atoms with E-state index in [4.69, 9.17) is 10.5 Å². The summed E-state index contributed by atoms with van der Waals surface area (Å²) in [7, 11) is 0. The fourth-order valence-electron chi connectivity index (χ4n) is 1.08. The molecule has 0 bridgehead atoms. The highest BCUT2D eigenvalue weighted by Crippen LogP contribution is 2.12. The van der Waals surface area contributed by atoms with Gasteiger partial charge in [0.2, 0.25) is 0 Å². The van der Waals surface area contributed by atoms with E-state index in [9.17, 15) is 4.79 Å². The maximum Gasteiger partial charge on any atom is 0.307 e. The van der Waals surface area contributed by atoms with Crippen LogP contribution in [0.5, 0.6) is 0 Å². The lowest BCUT2D eigenvalue weighted by atomic mass is 10.3. The second-order valence-corrected chi connectivity index (χ2v) is 2.92. The molecule has 0 aromatic carbocycles. The first kappa shape index (κ1) is 11.3. The van der Waals surface area contributed by atoms with Gasteiger partial charge in [0.1, 0.15) is 5.82 Å². The summed E-state index contributed by atoms with van der Waals surface area (Å²) >= 11 is 0. The summed E-state index contributed by atoms with van der Waals surface area (Å²) in [4.78, 5) is 15.0. The molecule has 82 valence electrons. The number of anilines is 2. The van der Waals surface area contributed by atoms with Crippen LogP contribution in [0.2, 0.25) is 0 Å². The third-order valence-corrected chi connectivity index (χ3v) is 1.77. The van der Waals surface area contributed by atoms with E-state index < -0.39 is 0 Å². The van der Waals surface area contributed by atoms with Crippen molar-refractivity contribution in [2.24, 2.45) is 0 Å². The van der Waals surface area contributed by atoms with Crippen LogP contribution in [0.3, 0.4) is 0 Å². The quantitative estimate of drug-likeness (QED) is 0.708. The molecule has 0 aliphatic rings. The third-order valence-electron chi connectivity index (χ3n) is 1.77. The van der Waals surface area contributed by atoms with Crippen molar-refractivity contribution < 1.29 is 9.53 Å². The van der Waals surface area contributed by atoms with Crippen LogP contribution < -0.4 is 11.1 Å². The Bertz CT molecular complexity index is 328. The number of carbonyl (C=O) groups is 1. The van der Waals surface area contributed by atoms with Gasteiger partial charge >= 0.3 is 5.97 Å². The maximum absolute atomic E-state index is 11.0. The predicted molar refractivity (Wildman–Crippen MR) is 58.4 cm³/mol. The highest BCUT2D eigenvalue weighted by Gasteiger charge is 2.02. The van der Waals surface area contributed by atoms with Crippen LogP contribution in [0.4, 0.5) is 11.5 Å². The van der Waals surface area contributed by atoms with Crippen LogP contribution in [0, 0.1) is 0 Å². The van der Waals surface area contributed by atoms with Crippen molar-refractivity contribution in [1.82, 2.24) is 4.98 Å². The van der Waals surface area contributed by atoms with E-state index in [-0.39, 0.29) is 5.97 Å². The van der Waals surface area contributed by atoms with E-state index in [2.05, 4.69) is 10.3 Å². The minimum atomic E-state index is -0.223. The number of esters is 1. The van der Waals surface area contributed by atoms with Crippen molar-refractivity contribution in [1.29, 1.82) is 0 Å². The van der Waals surface area contributed by atoms with E-state index in [0.29, 0.717) is 31.1 Å². The summed E-state index contributed by atoms with van der Waals surface area (Å²) in [5.74, 6) is 0.376. The number of rotatable bonds is 5. The molecule has 0 saturated carbocycles. The number of carbonyl (C=O) groups excluding carboxylic acids is 1. The summed E-state index contributed by atoms with van der Waals surface area (Å²) in [5.41, 5.74) is 6.23. The monoisotopic (exact) mass is 209 g/mol. The second-order valence-electron chi connectivity index (χ2n) is 2.92. The molecule has 0 fully saturated rings. The molecular weight excluding hydrogens is 194 g/mol. The van der Waals surface area contributed by atoms with E-state index in [1.54, 1.807) is 25.3 Å². The van der Waals surface area contributed by atoms with Gasteiger partial charge in [-0.2, -0.15) is 0 Å². The highest BCUT2D eigenvalue weighted by molar-refractivity contribution is 5.70. The average Bonchev–Trinajstić information content (AvgIpc) is 2.21.